The first-order chi connectivity index (χ1) is 13.2. The molecule has 1 aromatic heterocycles. The number of piperidine rings is 3. The van der Waals surface area contributed by atoms with E-state index in [2.05, 4.69) is 6.58 Å². The number of amides is 1. The van der Waals surface area contributed by atoms with Crippen LogP contribution in [0.4, 0.5) is 10.5 Å². The molecule has 5 heteroatoms. The summed E-state index contributed by atoms with van der Waals surface area (Å²) < 4.78 is 7.12. The van der Waals surface area contributed by atoms with Crippen molar-refractivity contribution in [2.75, 3.05) is 31.1 Å². The Morgan fingerprint density at radius 3 is 2.70 bits per heavy atom. The molecule has 3 saturated heterocycles. The fourth-order valence-electron chi connectivity index (χ4n) is 4.52. The molecule has 142 valence electrons. The van der Waals surface area contributed by atoms with E-state index in [1.165, 1.54) is 13.1 Å². The highest BCUT2D eigenvalue weighted by molar-refractivity contribution is 7.08. The molecule has 0 radical (unpaired) electrons. The largest absolute Gasteiger partial charge is 0.440 e. The maximum atomic E-state index is 13.1. The van der Waals surface area contributed by atoms with E-state index in [0.29, 0.717) is 12.5 Å². The monoisotopic (exact) mass is 383 g/mol. The molecule has 3 fully saturated rings. The molecule has 3 aliphatic heterocycles. The second-order valence-corrected chi connectivity index (χ2v) is 8.54. The van der Waals surface area contributed by atoms with Gasteiger partial charge in [0.1, 0.15) is 6.54 Å². The smallest absolute Gasteiger partial charge is 0.415 e. The summed E-state index contributed by atoms with van der Waals surface area (Å²) in [7, 11) is 0. The predicted octanol–water partition coefficient (Wildman–Crippen LogP) is 4.69. The lowest BCUT2D eigenvalue weighted by Gasteiger charge is -2.51. The van der Waals surface area contributed by atoms with Crippen LogP contribution in [0.2, 0.25) is 0 Å². The lowest BCUT2D eigenvalue weighted by molar-refractivity contribution is -0.941. The summed E-state index contributed by atoms with van der Waals surface area (Å²) in [6.07, 6.45) is 4.08. The highest BCUT2D eigenvalue weighted by atomic mass is 32.1. The molecule has 2 bridgehead atoms. The number of benzene rings is 1. The first-order valence-electron chi connectivity index (χ1n) is 9.69. The van der Waals surface area contributed by atoms with Crippen LogP contribution in [0.15, 0.2) is 59.8 Å². The average Bonchev–Trinajstić information content (AvgIpc) is 3.22. The molecule has 4 nitrogen and oxygen atoms in total. The number of ether oxygens (including phenoxy) is 1. The Balaban J connectivity index is 1.49. The molecule has 1 atom stereocenters. The first kappa shape index (κ1) is 18.3. The summed E-state index contributed by atoms with van der Waals surface area (Å²) in [5.74, 6) is 0.500. The fraction of sp³-hybridized carbons (Fsp3) is 0.409. The first-order valence-corrected chi connectivity index (χ1v) is 10.6. The van der Waals surface area contributed by atoms with Gasteiger partial charge in [0.15, 0.2) is 6.10 Å². The zero-order valence-electron chi connectivity index (χ0n) is 15.6. The van der Waals surface area contributed by atoms with Gasteiger partial charge in [-0.15, -0.1) is 0 Å². The molecule has 3 aliphatic rings. The number of carbonyl (C=O) groups excluding carboxylic acids is 1. The van der Waals surface area contributed by atoms with E-state index in [9.17, 15) is 4.79 Å². The van der Waals surface area contributed by atoms with E-state index in [1.54, 1.807) is 16.2 Å². The Kier molecular flexibility index (Phi) is 5.32. The van der Waals surface area contributed by atoms with Gasteiger partial charge in [-0.05, 0) is 23.1 Å². The number of hydrogen-bond acceptors (Lipinski definition) is 3. The number of thiophene rings is 1. The number of rotatable bonds is 6. The van der Waals surface area contributed by atoms with Crippen LogP contribution in [0, 0.1) is 5.92 Å². The molecule has 2 aromatic rings. The van der Waals surface area contributed by atoms with Crippen LogP contribution in [-0.2, 0) is 11.3 Å². The lowest BCUT2D eigenvalue weighted by Crippen LogP contribution is -2.64. The number of hydrogen-bond donors (Lipinski definition) is 0. The molecule has 0 N–H and O–H groups in total. The number of anilines is 1. The van der Waals surface area contributed by atoms with E-state index in [-0.39, 0.29) is 12.2 Å². The third-order valence-electron chi connectivity index (χ3n) is 6.03. The maximum Gasteiger partial charge on any atom is 0.415 e. The zero-order chi connectivity index (χ0) is 18.7. The van der Waals surface area contributed by atoms with Gasteiger partial charge in [0.2, 0.25) is 0 Å². The van der Waals surface area contributed by atoms with Crippen molar-refractivity contribution in [2.24, 2.45) is 5.92 Å². The summed E-state index contributed by atoms with van der Waals surface area (Å²) in [4.78, 5) is 14.9. The Hall–Kier alpha value is -2.11. The van der Waals surface area contributed by atoms with Gasteiger partial charge in [-0.2, -0.15) is 11.3 Å². The quantitative estimate of drug-likeness (QED) is 0.535. The minimum absolute atomic E-state index is 0.0110. The van der Waals surface area contributed by atoms with E-state index >= 15 is 0 Å². The molecular weight excluding hydrogens is 356 g/mol. The highest BCUT2D eigenvalue weighted by Crippen LogP contribution is 2.36. The van der Waals surface area contributed by atoms with Crippen LogP contribution in [0.25, 0.3) is 0 Å². The Labute approximate surface area is 165 Å². The molecule has 4 heterocycles. The Bertz CT molecular complexity index is 767. The SMILES string of the molecule is C=CC[N+]12CCC(CC1)[C@@H](OC(=O)N(Cc1ccccc1)c1ccsc1)C2. The van der Waals surface area contributed by atoms with Gasteiger partial charge < -0.3 is 9.22 Å². The third kappa shape index (κ3) is 3.94. The summed E-state index contributed by atoms with van der Waals surface area (Å²) in [5, 5.41) is 4.01. The summed E-state index contributed by atoms with van der Waals surface area (Å²) in [5.41, 5.74) is 2.01. The lowest BCUT2D eigenvalue weighted by atomic mass is 9.83. The normalized spacial score (nSPS) is 26.5. The summed E-state index contributed by atoms with van der Waals surface area (Å²) in [6.45, 7) is 8.72. The third-order valence-corrected chi connectivity index (χ3v) is 6.70. The predicted molar refractivity (Wildman–Crippen MR) is 110 cm³/mol. The van der Waals surface area contributed by atoms with Crippen LogP contribution in [0.5, 0.6) is 0 Å². The minimum Gasteiger partial charge on any atom is -0.440 e. The van der Waals surface area contributed by atoms with Crippen LogP contribution >= 0.6 is 11.3 Å². The zero-order valence-corrected chi connectivity index (χ0v) is 16.4. The molecule has 5 rings (SSSR count). The summed E-state index contributed by atoms with van der Waals surface area (Å²) >= 11 is 1.60. The van der Waals surface area contributed by atoms with Crippen molar-refractivity contribution < 1.29 is 14.0 Å². The van der Waals surface area contributed by atoms with Crippen LogP contribution in [0.1, 0.15) is 18.4 Å². The second kappa shape index (κ2) is 7.87. The van der Waals surface area contributed by atoms with Gasteiger partial charge in [0, 0.05) is 24.1 Å². The molecule has 0 aliphatic carbocycles. The van der Waals surface area contributed by atoms with Crippen molar-refractivity contribution in [1.82, 2.24) is 0 Å². The molecule has 0 unspecified atom stereocenters. The van der Waals surface area contributed by atoms with E-state index in [0.717, 1.165) is 41.7 Å². The van der Waals surface area contributed by atoms with Crippen molar-refractivity contribution in [1.29, 1.82) is 0 Å². The average molecular weight is 384 g/mol. The maximum absolute atomic E-state index is 13.1. The topological polar surface area (TPSA) is 29.5 Å². The van der Waals surface area contributed by atoms with Gasteiger partial charge in [0.25, 0.3) is 0 Å². The van der Waals surface area contributed by atoms with Gasteiger partial charge in [-0.25, -0.2) is 4.79 Å². The van der Waals surface area contributed by atoms with Crippen molar-refractivity contribution in [2.45, 2.75) is 25.5 Å². The molecule has 0 spiro atoms. The van der Waals surface area contributed by atoms with Crippen LogP contribution in [0.3, 0.4) is 0 Å². The van der Waals surface area contributed by atoms with Crippen LogP contribution < -0.4 is 4.90 Å². The highest BCUT2D eigenvalue weighted by Gasteiger charge is 2.47. The Morgan fingerprint density at radius 2 is 2.04 bits per heavy atom. The van der Waals surface area contributed by atoms with Crippen molar-refractivity contribution >= 4 is 23.1 Å². The number of carbonyl (C=O) groups is 1. The molecule has 1 amide bonds. The fourth-order valence-corrected chi connectivity index (χ4v) is 5.16. The van der Waals surface area contributed by atoms with Gasteiger partial charge in [-0.3, -0.25) is 4.90 Å². The molecule has 1 aromatic carbocycles. The van der Waals surface area contributed by atoms with Gasteiger partial charge in [0.05, 0.1) is 31.9 Å². The van der Waals surface area contributed by atoms with Gasteiger partial charge in [-0.1, -0.05) is 36.9 Å². The summed E-state index contributed by atoms with van der Waals surface area (Å²) in [6, 6.07) is 12.1. The second-order valence-electron chi connectivity index (χ2n) is 7.76. The minimum atomic E-state index is -0.229. The van der Waals surface area contributed by atoms with Crippen LogP contribution in [-0.4, -0.2) is 42.9 Å². The van der Waals surface area contributed by atoms with E-state index in [1.807, 2.05) is 53.2 Å². The Morgan fingerprint density at radius 1 is 1.26 bits per heavy atom. The standard InChI is InChI=1S/C22H27N2O2S/c1-2-11-24-12-8-19(9-13-24)21(16-24)26-22(25)23(20-10-14-27-17-20)15-18-6-4-3-5-7-18/h2-7,10,14,17,19,21H,1,8-9,11-13,15-16H2/q+1/t19?,21-,24?/m0/s1. The van der Waals surface area contributed by atoms with E-state index in [4.69, 9.17) is 4.74 Å². The number of quaternary nitrogens is 1. The number of nitrogens with zero attached hydrogens (tertiary/aromatic N) is 2. The van der Waals surface area contributed by atoms with Crippen molar-refractivity contribution in [3.8, 4) is 0 Å². The number of fused-ring (bicyclic) bond motifs is 3. The van der Waals surface area contributed by atoms with Crippen molar-refractivity contribution in [3.63, 3.8) is 0 Å². The molecular formula is C22H27N2O2S+. The van der Waals surface area contributed by atoms with E-state index < -0.39 is 0 Å². The molecule has 27 heavy (non-hydrogen) atoms. The molecule has 0 saturated carbocycles. The van der Waals surface area contributed by atoms with Gasteiger partial charge >= 0.3 is 6.09 Å². The van der Waals surface area contributed by atoms with Crippen molar-refractivity contribution in [3.05, 3.63) is 65.4 Å².